The fourth-order valence-corrected chi connectivity index (χ4v) is 0.511. The molecule has 4 heteroatoms. The maximum Gasteiger partial charge on any atom is 0.348 e. The summed E-state index contributed by atoms with van der Waals surface area (Å²) in [4.78, 5) is 10.7. The van der Waals surface area contributed by atoms with E-state index in [2.05, 4.69) is 11.3 Å². The largest absolute Gasteiger partial charge is 0.462 e. The van der Waals surface area contributed by atoms with Crippen molar-refractivity contribution in [2.75, 3.05) is 13.2 Å². The van der Waals surface area contributed by atoms with E-state index in [1.54, 1.807) is 6.07 Å². The Kier molecular flexibility index (Phi) is 5.66. The summed E-state index contributed by atoms with van der Waals surface area (Å²) in [6.07, 6.45) is 1.19. The van der Waals surface area contributed by atoms with Gasteiger partial charge in [-0.25, -0.2) is 4.79 Å². The van der Waals surface area contributed by atoms with Gasteiger partial charge in [0.05, 0.1) is 6.61 Å². The molecule has 0 heterocycles. The molecular weight excluding hydrogens is 158 g/mol. The molecule has 0 unspecified atom stereocenters. The second kappa shape index (κ2) is 6.38. The number of hydrogen-bond donors (Lipinski definition) is 1. The first kappa shape index (κ1) is 10.7. The Hall–Kier alpha value is -1.34. The number of carbonyl (C=O) groups excluding carboxylic acids is 1. The predicted octanol–water partition coefficient (Wildman–Crippen LogP) is 0.382. The highest BCUT2D eigenvalue weighted by molar-refractivity contribution is 5.91. The second-order valence-electron chi connectivity index (χ2n) is 2.16. The molecule has 0 amide bonds. The zero-order valence-electron chi connectivity index (χ0n) is 6.75. The number of nitrogens with zero attached hydrogens (tertiary/aromatic N) is 1. The summed E-state index contributed by atoms with van der Waals surface area (Å²) in [6, 6.07) is 1.59. The van der Waals surface area contributed by atoms with E-state index in [1.807, 2.05) is 0 Å². The molecule has 12 heavy (non-hydrogen) atoms. The van der Waals surface area contributed by atoms with Crippen LogP contribution >= 0.6 is 0 Å². The van der Waals surface area contributed by atoms with Crippen LogP contribution in [0, 0.1) is 11.3 Å². The third kappa shape index (κ3) is 4.47. The molecule has 0 radical (unpaired) electrons. The molecule has 0 saturated heterocycles. The van der Waals surface area contributed by atoms with Gasteiger partial charge in [-0.2, -0.15) is 5.26 Å². The topological polar surface area (TPSA) is 70.3 Å². The van der Waals surface area contributed by atoms with Gasteiger partial charge in [0.2, 0.25) is 0 Å². The van der Waals surface area contributed by atoms with Crippen molar-refractivity contribution in [3.8, 4) is 6.07 Å². The van der Waals surface area contributed by atoms with E-state index in [4.69, 9.17) is 10.4 Å². The van der Waals surface area contributed by atoms with Crippen molar-refractivity contribution in [3.63, 3.8) is 0 Å². The number of unbranched alkanes of at least 4 members (excludes halogenated alkanes) is 1. The highest BCUT2D eigenvalue weighted by atomic mass is 16.5. The van der Waals surface area contributed by atoms with Gasteiger partial charge in [-0.15, -0.1) is 0 Å². The SMILES string of the molecule is C=C(C#N)C(=O)OCCCCO. The lowest BCUT2D eigenvalue weighted by Crippen LogP contribution is -2.07. The number of nitriles is 1. The van der Waals surface area contributed by atoms with Gasteiger partial charge >= 0.3 is 5.97 Å². The molecule has 0 aliphatic heterocycles. The fraction of sp³-hybridized carbons (Fsp3) is 0.500. The number of ether oxygens (including phenoxy) is 1. The van der Waals surface area contributed by atoms with Crippen LogP contribution in [0.2, 0.25) is 0 Å². The van der Waals surface area contributed by atoms with E-state index in [0.717, 1.165) is 0 Å². The van der Waals surface area contributed by atoms with E-state index in [1.165, 1.54) is 0 Å². The lowest BCUT2D eigenvalue weighted by molar-refractivity contribution is -0.138. The van der Waals surface area contributed by atoms with Gasteiger partial charge in [0.15, 0.2) is 0 Å². The van der Waals surface area contributed by atoms with Crippen LogP contribution in [0.15, 0.2) is 12.2 Å². The maximum atomic E-state index is 10.7. The summed E-state index contributed by atoms with van der Waals surface area (Å²) in [5.41, 5.74) is -0.195. The van der Waals surface area contributed by atoms with Gasteiger partial charge in [0.25, 0.3) is 0 Å². The molecule has 0 aromatic rings. The van der Waals surface area contributed by atoms with Gasteiger partial charge < -0.3 is 9.84 Å². The molecule has 0 aromatic carbocycles. The highest BCUT2D eigenvalue weighted by Crippen LogP contribution is 1.95. The zero-order chi connectivity index (χ0) is 9.40. The average Bonchev–Trinajstić information content (AvgIpc) is 2.10. The quantitative estimate of drug-likeness (QED) is 0.279. The molecule has 0 rings (SSSR count). The second-order valence-corrected chi connectivity index (χ2v) is 2.16. The molecule has 0 aliphatic rings. The van der Waals surface area contributed by atoms with Crippen molar-refractivity contribution in [2.24, 2.45) is 0 Å². The van der Waals surface area contributed by atoms with Crippen molar-refractivity contribution in [1.29, 1.82) is 5.26 Å². The van der Waals surface area contributed by atoms with Crippen LogP contribution < -0.4 is 0 Å². The molecular formula is C8H11NO3. The molecule has 0 fully saturated rings. The number of carbonyl (C=O) groups is 1. The minimum absolute atomic E-state index is 0.0801. The fourth-order valence-electron chi connectivity index (χ4n) is 0.511. The average molecular weight is 169 g/mol. The Morgan fingerprint density at radius 3 is 2.75 bits per heavy atom. The number of esters is 1. The van der Waals surface area contributed by atoms with Crippen molar-refractivity contribution >= 4 is 5.97 Å². The first-order chi connectivity index (χ1) is 5.72. The summed E-state index contributed by atoms with van der Waals surface area (Å²) in [7, 11) is 0. The molecule has 66 valence electrons. The normalized spacial score (nSPS) is 8.67. The Labute approximate surface area is 71.1 Å². The van der Waals surface area contributed by atoms with Gasteiger partial charge in [0.1, 0.15) is 11.6 Å². The third-order valence-electron chi connectivity index (χ3n) is 1.17. The Bertz CT molecular complexity index is 205. The summed E-state index contributed by atoms with van der Waals surface area (Å²) >= 11 is 0. The van der Waals surface area contributed by atoms with Crippen LogP contribution in [0.4, 0.5) is 0 Å². The van der Waals surface area contributed by atoms with Gasteiger partial charge in [0, 0.05) is 6.61 Å². The standard InChI is InChI=1S/C8H11NO3/c1-7(6-9)8(11)12-5-3-2-4-10/h10H,1-5H2. The van der Waals surface area contributed by atoms with E-state index in [0.29, 0.717) is 12.8 Å². The van der Waals surface area contributed by atoms with Crippen molar-refractivity contribution in [1.82, 2.24) is 0 Å². The van der Waals surface area contributed by atoms with E-state index < -0.39 is 5.97 Å². The van der Waals surface area contributed by atoms with Crippen LogP contribution in [0.1, 0.15) is 12.8 Å². The van der Waals surface area contributed by atoms with E-state index >= 15 is 0 Å². The van der Waals surface area contributed by atoms with E-state index in [9.17, 15) is 4.79 Å². The molecule has 0 spiro atoms. The van der Waals surface area contributed by atoms with Crippen molar-refractivity contribution in [2.45, 2.75) is 12.8 Å². The predicted molar refractivity (Wildman–Crippen MR) is 42.0 cm³/mol. The minimum atomic E-state index is -0.685. The monoisotopic (exact) mass is 169 g/mol. The van der Waals surface area contributed by atoms with Gasteiger partial charge in [-0.05, 0) is 12.8 Å². The summed E-state index contributed by atoms with van der Waals surface area (Å²) in [6.45, 7) is 3.49. The molecule has 0 aliphatic carbocycles. The lowest BCUT2D eigenvalue weighted by atomic mass is 10.3. The molecule has 0 saturated carbocycles. The van der Waals surface area contributed by atoms with Gasteiger partial charge in [-0.1, -0.05) is 6.58 Å². The molecule has 0 atom stereocenters. The molecule has 1 N–H and O–H groups in total. The molecule has 0 bridgehead atoms. The number of rotatable bonds is 5. The number of aliphatic hydroxyl groups is 1. The summed E-state index contributed by atoms with van der Waals surface area (Å²) in [5, 5.41) is 16.6. The van der Waals surface area contributed by atoms with Crippen LogP contribution in [0.5, 0.6) is 0 Å². The maximum absolute atomic E-state index is 10.7. The third-order valence-corrected chi connectivity index (χ3v) is 1.17. The minimum Gasteiger partial charge on any atom is -0.462 e. The van der Waals surface area contributed by atoms with Crippen molar-refractivity contribution < 1.29 is 14.6 Å². The first-order valence-electron chi connectivity index (χ1n) is 3.59. The Morgan fingerprint density at radius 2 is 2.25 bits per heavy atom. The lowest BCUT2D eigenvalue weighted by Gasteiger charge is -2.00. The van der Waals surface area contributed by atoms with Crippen molar-refractivity contribution in [3.05, 3.63) is 12.2 Å². The number of hydrogen-bond acceptors (Lipinski definition) is 4. The summed E-state index contributed by atoms with van der Waals surface area (Å²) < 4.78 is 4.62. The van der Waals surface area contributed by atoms with Gasteiger partial charge in [-0.3, -0.25) is 0 Å². The van der Waals surface area contributed by atoms with Crippen LogP contribution in [0.3, 0.4) is 0 Å². The Morgan fingerprint density at radius 1 is 1.58 bits per heavy atom. The smallest absolute Gasteiger partial charge is 0.348 e. The first-order valence-corrected chi connectivity index (χ1v) is 3.59. The number of aliphatic hydroxyl groups excluding tert-OH is 1. The van der Waals surface area contributed by atoms with E-state index in [-0.39, 0.29) is 18.8 Å². The zero-order valence-corrected chi connectivity index (χ0v) is 6.75. The summed E-state index contributed by atoms with van der Waals surface area (Å²) in [5.74, 6) is -0.685. The highest BCUT2D eigenvalue weighted by Gasteiger charge is 2.05. The van der Waals surface area contributed by atoms with Crippen LogP contribution in [0.25, 0.3) is 0 Å². The molecule has 0 aromatic heterocycles. The van der Waals surface area contributed by atoms with Crippen LogP contribution in [-0.2, 0) is 9.53 Å². The molecule has 4 nitrogen and oxygen atoms in total. The van der Waals surface area contributed by atoms with Crippen LogP contribution in [-0.4, -0.2) is 24.3 Å². The Balaban J connectivity index is 3.46.